The Kier molecular flexibility index (Phi) is 4.71. The van der Waals surface area contributed by atoms with Crippen molar-refractivity contribution in [2.45, 2.75) is 56.3 Å². The summed E-state index contributed by atoms with van der Waals surface area (Å²) in [5.41, 5.74) is 5.19. The quantitative estimate of drug-likeness (QED) is 0.447. The van der Waals surface area contributed by atoms with Gasteiger partial charge in [0.1, 0.15) is 12.2 Å². The number of aliphatic hydroxyl groups is 1. The number of benzene rings is 1. The van der Waals surface area contributed by atoms with Crippen molar-refractivity contribution in [3.63, 3.8) is 0 Å². The van der Waals surface area contributed by atoms with Crippen molar-refractivity contribution < 1.29 is 24.9 Å². The number of aromatic carboxylic acids is 1. The molecule has 0 saturated carbocycles. The smallest absolute Gasteiger partial charge is 0.336 e. The van der Waals surface area contributed by atoms with E-state index >= 15 is 0 Å². The van der Waals surface area contributed by atoms with E-state index in [0.717, 1.165) is 41.8 Å². The van der Waals surface area contributed by atoms with Gasteiger partial charge in [-0.2, -0.15) is 0 Å². The van der Waals surface area contributed by atoms with Crippen molar-refractivity contribution in [1.82, 2.24) is 9.30 Å². The monoisotopic (exact) mass is 520 g/mol. The number of nitrogens with zero attached hydrogens (tertiary/aromatic N) is 2. The summed E-state index contributed by atoms with van der Waals surface area (Å²) in [6.07, 6.45) is 6.27. The lowest BCUT2D eigenvalue weighted by Crippen LogP contribution is -2.64. The highest BCUT2D eigenvalue weighted by Gasteiger charge is 2.64. The Labute approximate surface area is 219 Å². The predicted octanol–water partition coefficient (Wildman–Crippen LogP) is 4.26. The van der Waals surface area contributed by atoms with E-state index in [9.17, 15) is 20.1 Å². The minimum absolute atomic E-state index is 0.0709. The molecular formula is C29H29ClN2O5. The molecule has 6 atom stereocenters. The maximum atomic E-state index is 12.1. The molecule has 7 rings (SSSR count). The number of aromatic nitrogens is 1. The number of ether oxygens (including phenoxy) is 1. The van der Waals surface area contributed by atoms with Crippen LogP contribution in [0.5, 0.6) is 11.5 Å². The molecule has 1 spiro atoms. The molecule has 1 aromatic carbocycles. The average Bonchev–Trinajstić information content (AvgIpc) is 3.40. The molecule has 1 fully saturated rings. The van der Waals surface area contributed by atoms with Crippen LogP contribution in [0.2, 0.25) is 5.02 Å². The van der Waals surface area contributed by atoms with Crippen molar-refractivity contribution >= 4 is 23.1 Å². The van der Waals surface area contributed by atoms with E-state index < -0.39 is 23.6 Å². The number of fused-ring (bicyclic) bond motifs is 1. The number of phenols is 1. The number of hydrogen-bond donors (Lipinski definition) is 3. The van der Waals surface area contributed by atoms with E-state index in [1.165, 1.54) is 0 Å². The van der Waals surface area contributed by atoms with Gasteiger partial charge in [-0.15, -0.1) is 0 Å². The average molecular weight is 521 g/mol. The van der Waals surface area contributed by atoms with Crippen molar-refractivity contribution in [3.05, 3.63) is 75.1 Å². The summed E-state index contributed by atoms with van der Waals surface area (Å²) in [5.74, 6) is -0.469. The summed E-state index contributed by atoms with van der Waals surface area (Å²) in [5, 5.41) is 32.7. The molecule has 192 valence electrons. The Hall–Kier alpha value is -3.00. The van der Waals surface area contributed by atoms with E-state index in [-0.39, 0.29) is 29.2 Å². The fourth-order valence-corrected chi connectivity index (χ4v) is 8.19. The van der Waals surface area contributed by atoms with Crippen LogP contribution in [0.4, 0.5) is 0 Å². The summed E-state index contributed by atoms with van der Waals surface area (Å²) in [6, 6.07) is 5.45. The minimum atomic E-state index is -0.985. The number of carbonyl (C=O) groups is 1. The number of piperidine rings is 1. The first kappa shape index (κ1) is 23.1. The molecule has 2 aromatic heterocycles. The van der Waals surface area contributed by atoms with Crippen LogP contribution in [-0.2, 0) is 11.8 Å². The van der Waals surface area contributed by atoms with Gasteiger partial charge in [0.15, 0.2) is 11.5 Å². The van der Waals surface area contributed by atoms with Crippen LogP contribution in [0.1, 0.15) is 57.6 Å². The topological polar surface area (TPSA) is 94.6 Å². The van der Waals surface area contributed by atoms with Crippen LogP contribution in [0.25, 0.3) is 5.52 Å². The highest BCUT2D eigenvalue weighted by molar-refractivity contribution is 6.31. The number of aromatic hydroxyl groups is 1. The van der Waals surface area contributed by atoms with Crippen molar-refractivity contribution in [1.29, 1.82) is 0 Å². The summed E-state index contributed by atoms with van der Waals surface area (Å²) < 4.78 is 8.34. The molecule has 3 aromatic rings. The van der Waals surface area contributed by atoms with E-state index in [1.807, 2.05) is 23.6 Å². The summed E-state index contributed by atoms with van der Waals surface area (Å²) >= 11 is 6.37. The zero-order valence-electron chi connectivity index (χ0n) is 20.9. The molecule has 37 heavy (non-hydrogen) atoms. The molecule has 4 heterocycles. The van der Waals surface area contributed by atoms with Crippen molar-refractivity contribution in [2.24, 2.45) is 5.92 Å². The van der Waals surface area contributed by atoms with Crippen molar-refractivity contribution in [3.8, 4) is 11.5 Å². The third-order valence-electron chi connectivity index (χ3n) is 9.58. The van der Waals surface area contributed by atoms with Crippen molar-refractivity contribution in [2.75, 3.05) is 13.6 Å². The van der Waals surface area contributed by atoms with Crippen LogP contribution in [0.15, 0.2) is 36.5 Å². The number of hydrogen-bond acceptors (Lipinski definition) is 5. The fourth-order valence-electron chi connectivity index (χ4n) is 7.98. The van der Waals surface area contributed by atoms with Crippen LogP contribution < -0.4 is 4.74 Å². The van der Waals surface area contributed by atoms with Gasteiger partial charge in [-0.1, -0.05) is 30.7 Å². The second-order valence-corrected chi connectivity index (χ2v) is 11.6. The fraction of sp³-hybridized carbons (Fsp3) is 0.414. The first-order valence-corrected chi connectivity index (χ1v) is 13.2. The lowest BCUT2D eigenvalue weighted by Gasteiger charge is -2.56. The van der Waals surface area contributed by atoms with Crippen LogP contribution >= 0.6 is 11.6 Å². The second-order valence-electron chi connectivity index (χ2n) is 11.2. The SMILES string of the molecule is Cc1c(C(=O)O)cc2cc(Cl)cn2c1C(C)c1cc(O)c2c3c1C[C@@H]1[C@@H]4C=C[C@H](O)[C@H](O2)[C@]34CCN1C. The molecule has 2 bridgehead atoms. The van der Waals surface area contributed by atoms with Gasteiger partial charge in [-0.3, -0.25) is 0 Å². The van der Waals surface area contributed by atoms with Crippen LogP contribution in [0, 0.1) is 12.8 Å². The standard InChI is InChI=1S/C29H29ClN2O5/c1-13(25-14(2)18(28(35)36)9-16-8-15(30)12-32(16)25)17-11-23(34)26-24-19(17)10-21-20-4-5-22(33)27(37-26)29(20,24)6-7-31(21)3/h4-5,8-9,11-13,20-22,27,33-34H,6-7,10H2,1-3H3,(H,35,36)/t13?,20-,21+,22-,27-,29-/m0/s1. The number of carboxylic acids is 1. The van der Waals surface area contributed by atoms with Crippen LogP contribution in [0.3, 0.4) is 0 Å². The maximum absolute atomic E-state index is 12.1. The number of halogens is 1. The van der Waals surface area contributed by atoms with Crippen LogP contribution in [-0.4, -0.2) is 62.4 Å². The van der Waals surface area contributed by atoms with Gasteiger partial charge in [-0.05, 0) is 68.2 Å². The molecule has 2 aliphatic heterocycles. The van der Waals surface area contributed by atoms with Gasteiger partial charge in [0.05, 0.1) is 10.6 Å². The third-order valence-corrected chi connectivity index (χ3v) is 9.78. The first-order chi connectivity index (χ1) is 17.6. The molecule has 1 unspecified atom stereocenters. The Balaban J connectivity index is 1.50. The molecule has 1 saturated heterocycles. The Bertz CT molecular complexity index is 1540. The van der Waals surface area contributed by atoms with Gasteiger partial charge in [0, 0.05) is 46.3 Å². The third kappa shape index (κ3) is 2.82. The minimum Gasteiger partial charge on any atom is -0.504 e. The van der Waals surface area contributed by atoms with E-state index in [2.05, 4.69) is 24.9 Å². The maximum Gasteiger partial charge on any atom is 0.336 e. The highest BCUT2D eigenvalue weighted by Crippen LogP contribution is 2.63. The lowest BCUT2D eigenvalue weighted by atomic mass is 9.52. The van der Waals surface area contributed by atoms with Gasteiger partial charge in [0.25, 0.3) is 0 Å². The number of aliphatic hydroxyl groups excluding tert-OH is 1. The lowest BCUT2D eigenvalue weighted by molar-refractivity contribution is -0.0454. The number of rotatable bonds is 3. The van der Waals surface area contributed by atoms with E-state index in [4.69, 9.17) is 16.3 Å². The summed E-state index contributed by atoms with van der Waals surface area (Å²) in [4.78, 5) is 14.5. The molecule has 0 radical (unpaired) electrons. The zero-order valence-corrected chi connectivity index (χ0v) is 21.7. The first-order valence-electron chi connectivity index (χ1n) is 12.8. The predicted molar refractivity (Wildman–Crippen MR) is 139 cm³/mol. The molecule has 7 nitrogen and oxygen atoms in total. The Morgan fingerprint density at radius 3 is 2.81 bits per heavy atom. The zero-order chi connectivity index (χ0) is 26.0. The van der Waals surface area contributed by atoms with E-state index in [0.29, 0.717) is 21.9 Å². The number of pyridine rings is 1. The number of likely N-dealkylation sites (N-methyl/N-ethyl adjacent to an activating group) is 1. The van der Waals surface area contributed by atoms with Gasteiger partial charge in [-0.25, -0.2) is 4.79 Å². The Morgan fingerprint density at radius 1 is 1.27 bits per heavy atom. The molecule has 4 aliphatic rings. The number of carboxylic acid groups (broad SMARTS) is 1. The molecule has 8 heteroatoms. The number of phenolic OH excluding ortho intramolecular Hbond substituents is 1. The molecule has 3 N–H and O–H groups in total. The van der Waals surface area contributed by atoms with E-state index in [1.54, 1.807) is 18.2 Å². The molecular weight excluding hydrogens is 492 g/mol. The van der Waals surface area contributed by atoms with Gasteiger partial charge >= 0.3 is 5.97 Å². The molecule has 2 aliphatic carbocycles. The highest BCUT2D eigenvalue weighted by atomic mass is 35.5. The summed E-state index contributed by atoms with van der Waals surface area (Å²) in [6.45, 7) is 4.79. The molecule has 0 amide bonds. The largest absolute Gasteiger partial charge is 0.504 e. The van der Waals surface area contributed by atoms with Gasteiger partial charge < -0.3 is 29.4 Å². The second kappa shape index (κ2) is 7.53. The normalized spacial score (nSPS) is 30.3. The number of likely N-dealkylation sites (tertiary alicyclic amines) is 1. The summed E-state index contributed by atoms with van der Waals surface area (Å²) in [7, 11) is 2.16. The van der Waals surface area contributed by atoms with Gasteiger partial charge in [0.2, 0.25) is 0 Å². The Morgan fingerprint density at radius 2 is 2.05 bits per heavy atom.